The third-order valence-corrected chi connectivity index (χ3v) is 4.53. The summed E-state index contributed by atoms with van der Waals surface area (Å²) in [5.74, 6) is -0.214. The van der Waals surface area contributed by atoms with Gasteiger partial charge in [-0.15, -0.1) is 0 Å². The summed E-state index contributed by atoms with van der Waals surface area (Å²) in [6.07, 6.45) is 16.6. The summed E-state index contributed by atoms with van der Waals surface area (Å²) in [6.45, 7) is 5.45. The van der Waals surface area contributed by atoms with Crippen LogP contribution in [0.2, 0.25) is 0 Å². The molecule has 0 aromatic heterocycles. The molecule has 0 N–H and O–H groups in total. The molecule has 0 radical (unpaired) electrons. The quantitative estimate of drug-likeness (QED) is 0.196. The predicted octanol–water partition coefficient (Wildman–Crippen LogP) is 6.35. The van der Waals surface area contributed by atoms with Gasteiger partial charge < -0.3 is 9.47 Å². The molecule has 0 fully saturated rings. The van der Waals surface area contributed by atoms with Crippen LogP contribution in [-0.4, -0.2) is 25.2 Å². The second-order valence-corrected chi connectivity index (χ2v) is 7.18. The average Bonchev–Trinajstić information content (AvgIpc) is 2.63. The van der Waals surface area contributed by atoms with E-state index in [-0.39, 0.29) is 11.9 Å². The molecule has 26 heavy (non-hydrogen) atoms. The van der Waals surface area contributed by atoms with Crippen molar-refractivity contribution in [3.05, 3.63) is 0 Å². The first-order chi connectivity index (χ1) is 12.7. The summed E-state index contributed by atoms with van der Waals surface area (Å²) in [5, 5.41) is 0. The van der Waals surface area contributed by atoms with Gasteiger partial charge >= 0.3 is 11.9 Å². The molecule has 0 bridgehead atoms. The zero-order chi connectivity index (χ0) is 19.3. The Labute approximate surface area is 161 Å². The second-order valence-electron chi connectivity index (χ2n) is 7.18. The van der Waals surface area contributed by atoms with Crippen LogP contribution in [-0.2, 0) is 19.1 Å². The van der Waals surface area contributed by atoms with Crippen LogP contribution in [0.25, 0.3) is 0 Å². The van der Waals surface area contributed by atoms with Crippen LogP contribution >= 0.6 is 0 Å². The molecule has 4 nitrogen and oxygen atoms in total. The Hall–Kier alpha value is -1.06. The maximum atomic E-state index is 11.6. The van der Waals surface area contributed by atoms with Crippen molar-refractivity contribution in [2.24, 2.45) is 0 Å². The lowest BCUT2D eigenvalue weighted by Crippen LogP contribution is -2.07. The van der Waals surface area contributed by atoms with Gasteiger partial charge in [-0.3, -0.25) is 9.59 Å². The number of hydrogen-bond acceptors (Lipinski definition) is 4. The average molecular weight is 371 g/mol. The molecule has 154 valence electrons. The van der Waals surface area contributed by atoms with Crippen molar-refractivity contribution in [2.45, 2.75) is 117 Å². The molecule has 0 heterocycles. The van der Waals surface area contributed by atoms with Gasteiger partial charge in [0.25, 0.3) is 0 Å². The van der Waals surface area contributed by atoms with E-state index in [0.29, 0.717) is 26.1 Å². The third kappa shape index (κ3) is 19.3. The van der Waals surface area contributed by atoms with Crippen molar-refractivity contribution in [1.29, 1.82) is 0 Å². The lowest BCUT2D eigenvalue weighted by atomic mass is 10.1. The van der Waals surface area contributed by atoms with E-state index < -0.39 is 0 Å². The molecule has 0 atom stereocenters. The maximum absolute atomic E-state index is 11.6. The predicted molar refractivity (Wildman–Crippen MR) is 107 cm³/mol. The van der Waals surface area contributed by atoms with Gasteiger partial charge in [0, 0.05) is 12.8 Å². The Balaban J connectivity index is 3.28. The van der Waals surface area contributed by atoms with Gasteiger partial charge in [-0.1, -0.05) is 78.1 Å². The van der Waals surface area contributed by atoms with Gasteiger partial charge in [-0.2, -0.15) is 0 Å². The normalized spacial score (nSPS) is 10.7. The fraction of sp³-hybridized carbons (Fsp3) is 0.909. The summed E-state index contributed by atoms with van der Waals surface area (Å²) in [6, 6.07) is 0. The summed E-state index contributed by atoms with van der Waals surface area (Å²) in [7, 11) is 0. The van der Waals surface area contributed by atoms with Gasteiger partial charge in [0.2, 0.25) is 0 Å². The lowest BCUT2D eigenvalue weighted by molar-refractivity contribution is -0.144. The van der Waals surface area contributed by atoms with E-state index in [1.165, 1.54) is 38.5 Å². The molecule has 0 rings (SSSR count). The van der Waals surface area contributed by atoms with E-state index in [1.54, 1.807) is 0 Å². The molecule has 0 saturated heterocycles. The second kappa shape index (κ2) is 20.3. The molecule has 0 aliphatic carbocycles. The van der Waals surface area contributed by atoms with E-state index in [9.17, 15) is 9.59 Å². The highest BCUT2D eigenvalue weighted by Gasteiger charge is 2.05. The minimum atomic E-state index is -0.113. The number of hydrogen-bond donors (Lipinski definition) is 0. The number of rotatable bonds is 19. The Morgan fingerprint density at radius 2 is 0.846 bits per heavy atom. The number of unbranched alkanes of at least 4 members (excludes halogenated alkanes) is 11. The molecule has 4 heteroatoms. The highest BCUT2D eigenvalue weighted by atomic mass is 16.5. The molecular formula is C22H42O4. The van der Waals surface area contributed by atoms with Gasteiger partial charge in [0.05, 0.1) is 13.2 Å². The smallest absolute Gasteiger partial charge is 0.305 e. The van der Waals surface area contributed by atoms with Crippen molar-refractivity contribution in [3.63, 3.8) is 0 Å². The molecule has 0 spiro atoms. The standard InChI is InChI=1S/C22H42O4/c1-3-5-7-8-9-10-11-16-20-26-22(24)18-14-12-13-17-21(23)25-19-15-6-4-2/h3-20H2,1-2H3. The Kier molecular flexibility index (Phi) is 19.4. The molecule has 0 saturated carbocycles. The summed E-state index contributed by atoms with van der Waals surface area (Å²) in [4.78, 5) is 23.1. The first-order valence-corrected chi connectivity index (χ1v) is 11.0. The molecule has 0 amide bonds. The van der Waals surface area contributed by atoms with Crippen molar-refractivity contribution >= 4 is 11.9 Å². The molecule has 0 aromatic carbocycles. The minimum Gasteiger partial charge on any atom is -0.466 e. The Morgan fingerprint density at radius 3 is 1.35 bits per heavy atom. The number of carbonyl (C=O) groups excluding carboxylic acids is 2. The van der Waals surface area contributed by atoms with E-state index in [2.05, 4.69) is 13.8 Å². The summed E-state index contributed by atoms with van der Waals surface area (Å²) < 4.78 is 10.4. The van der Waals surface area contributed by atoms with Crippen LogP contribution in [0.4, 0.5) is 0 Å². The molecule has 0 aliphatic rings. The molecule has 0 unspecified atom stereocenters. The third-order valence-electron chi connectivity index (χ3n) is 4.53. The van der Waals surface area contributed by atoms with E-state index in [0.717, 1.165) is 51.4 Å². The van der Waals surface area contributed by atoms with Crippen LogP contribution < -0.4 is 0 Å². The van der Waals surface area contributed by atoms with Crippen LogP contribution in [0.5, 0.6) is 0 Å². The van der Waals surface area contributed by atoms with E-state index in [4.69, 9.17) is 9.47 Å². The van der Waals surface area contributed by atoms with Gasteiger partial charge in [-0.05, 0) is 25.7 Å². The fourth-order valence-corrected chi connectivity index (χ4v) is 2.82. The fourth-order valence-electron chi connectivity index (χ4n) is 2.82. The van der Waals surface area contributed by atoms with Crippen LogP contribution in [0, 0.1) is 0 Å². The van der Waals surface area contributed by atoms with Crippen molar-refractivity contribution < 1.29 is 19.1 Å². The first-order valence-electron chi connectivity index (χ1n) is 11.0. The first kappa shape index (κ1) is 24.9. The van der Waals surface area contributed by atoms with Crippen LogP contribution in [0.3, 0.4) is 0 Å². The van der Waals surface area contributed by atoms with Crippen molar-refractivity contribution in [2.75, 3.05) is 13.2 Å². The van der Waals surface area contributed by atoms with Gasteiger partial charge in [0.15, 0.2) is 0 Å². The molecule has 0 aliphatic heterocycles. The minimum absolute atomic E-state index is 0.102. The van der Waals surface area contributed by atoms with Crippen LogP contribution in [0.1, 0.15) is 117 Å². The number of carbonyl (C=O) groups is 2. The highest BCUT2D eigenvalue weighted by Crippen LogP contribution is 2.09. The molecule has 0 aromatic rings. The summed E-state index contributed by atoms with van der Waals surface area (Å²) >= 11 is 0. The maximum Gasteiger partial charge on any atom is 0.305 e. The largest absolute Gasteiger partial charge is 0.466 e. The lowest BCUT2D eigenvalue weighted by Gasteiger charge is -2.06. The zero-order valence-electron chi connectivity index (χ0n) is 17.4. The monoisotopic (exact) mass is 370 g/mol. The van der Waals surface area contributed by atoms with Gasteiger partial charge in [-0.25, -0.2) is 0 Å². The van der Waals surface area contributed by atoms with E-state index in [1.807, 2.05) is 0 Å². The zero-order valence-corrected chi connectivity index (χ0v) is 17.4. The SMILES string of the molecule is CCCCCCCCCCOC(=O)CCCCCC(=O)OCCCCC. The van der Waals surface area contributed by atoms with Crippen molar-refractivity contribution in [3.8, 4) is 0 Å². The van der Waals surface area contributed by atoms with Gasteiger partial charge in [0.1, 0.15) is 0 Å². The summed E-state index contributed by atoms with van der Waals surface area (Å²) in [5.41, 5.74) is 0. The van der Waals surface area contributed by atoms with Crippen LogP contribution in [0.15, 0.2) is 0 Å². The molecular weight excluding hydrogens is 328 g/mol. The van der Waals surface area contributed by atoms with E-state index >= 15 is 0 Å². The number of esters is 2. The van der Waals surface area contributed by atoms with Crippen molar-refractivity contribution in [1.82, 2.24) is 0 Å². The topological polar surface area (TPSA) is 52.6 Å². The number of ether oxygens (including phenoxy) is 2. The highest BCUT2D eigenvalue weighted by molar-refractivity contribution is 5.69. The Bertz CT molecular complexity index is 328. The Morgan fingerprint density at radius 1 is 0.500 bits per heavy atom.